The van der Waals surface area contributed by atoms with Crippen LogP contribution in [0, 0.1) is 5.92 Å². The molecule has 2 aliphatic rings. The summed E-state index contributed by atoms with van der Waals surface area (Å²) < 4.78 is 0. The van der Waals surface area contributed by atoms with Gasteiger partial charge in [0.15, 0.2) is 0 Å². The molecule has 0 aliphatic carbocycles. The predicted molar refractivity (Wildman–Crippen MR) is 75.7 cm³/mol. The van der Waals surface area contributed by atoms with Crippen LogP contribution in [0.1, 0.15) is 32.6 Å². The first kappa shape index (κ1) is 15.6. The first-order chi connectivity index (χ1) is 9.99. The van der Waals surface area contributed by atoms with E-state index in [1.165, 1.54) is 11.8 Å². The van der Waals surface area contributed by atoms with Gasteiger partial charge in [-0.15, -0.1) is 0 Å². The summed E-state index contributed by atoms with van der Waals surface area (Å²) in [6, 6.07) is -0.826. The van der Waals surface area contributed by atoms with Crippen LogP contribution >= 0.6 is 0 Å². The van der Waals surface area contributed by atoms with Crippen molar-refractivity contribution >= 4 is 17.9 Å². The topological polar surface area (TPSA) is 90.0 Å². The number of carbonyl (C=O) groups is 3. The van der Waals surface area contributed by atoms with Gasteiger partial charge in [-0.2, -0.15) is 0 Å². The lowest BCUT2D eigenvalue weighted by Crippen LogP contribution is -2.50. The molecular formula is C14H23N3O4. The van der Waals surface area contributed by atoms with E-state index < -0.39 is 12.0 Å². The molecule has 0 aromatic rings. The summed E-state index contributed by atoms with van der Waals surface area (Å²) in [6.07, 6.45) is 2.98. The van der Waals surface area contributed by atoms with Gasteiger partial charge in [0.05, 0.1) is 0 Å². The molecule has 2 heterocycles. The van der Waals surface area contributed by atoms with Crippen LogP contribution in [0.4, 0.5) is 4.79 Å². The van der Waals surface area contributed by atoms with E-state index in [-0.39, 0.29) is 11.9 Å². The van der Waals surface area contributed by atoms with E-state index >= 15 is 0 Å². The number of urea groups is 1. The maximum atomic E-state index is 12.4. The van der Waals surface area contributed by atoms with Gasteiger partial charge in [-0.3, -0.25) is 4.79 Å². The van der Waals surface area contributed by atoms with E-state index in [4.69, 9.17) is 5.11 Å². The van der Waals surface area contributed by atoms with E-state index in [1.54, 1.807) is 4.90 Å². The zero-order valence-electron chi connectivity index (χ0n) is 12.4. The Bertz CT molecular complexity index is 418. The lowest BCUT2D eigenvalue weighted by molar-refractivity contribution is -0.141. The molecule has 21 heavy (non-hydrogen) atoms. The van der Waals surface area contributed by atoms with Crippen molar-refractivity contribution in [3.63, 3.8) is 0 Å². The minimum atomic E-state index is -0.915. The maximum Gasteiger partial charge on any atom is 0.326 e. The molecule has 2 fully saturated rings. The standard InChI is InChI=1S/C14H23N3O4/c1-10(18)15-9-11-4-7-16(8-5-11)14(21)17-6-2-3-12(17)13(19)20/h11-12H,2-9H2,1H3,(H,15,18)(H,19,20)/t12-/m0/s1. The summed E-state index contributed by atoms with van der Waals surface area (Å²) in [7, 11) is 0. The molecule has 2 saturated heterocycles. The lowest BCUT2D eigenvalue weighted by Gasteiger charge is -2.35. The fraction of sp³-hybridized carbons (Fsp3) is 0.786. The number of nitrogens with zero attached hydrogens (tertiary/aromatic N) is 2. The Morgan fingerprint density at radius 2 is 1.81 bits per heavy atom. The van der Waals surface area contributed by atoms with Crippen molar-refractivity contribution < 1.29 is 19.5 Å². The van der Waals surface area contributed by atoms with Gasteiger partial charge in [-0.25, -0.2) is 9.59 Å². The fourth-order valence-electron chi connectivity index (χ4n) is 3.05. The molecule has 0 saturated carbocycles. The molecule has 2 N–H and O–H groups in total. The number of carboxylic acids is 1. The van der Waals surface area contributed by atoms with Gasteiger partial charge < -0.3 is 20.2 Å². The molecule has 1 atom stereocenters. The summed E-state index contributed by atoms with van der Waals surface area (Å²) in [5.74, 6) is -0.553. The van der Waals surface area contributed by atoms with Gasteiger partial charge in [0.25, 0.3) is 0 Å². The van der Waals surface area contributed by atoms with Gasteiger partial charge >= 0.3 is 12.0 Å². The third kappa shape index (κ3) is 3.86. The Hall–Kier alpha value is -1.79. The van der Waals surface area contributed by atoms with Gasteiger partial charge in [0, 0.05) is 33.1 Å². The van der Waals surface area contributed by atoms with Gasteiger partial charge in [0.1, 0.15) is 6.04 Å². The molecule has 0 bridgehead atoms. The number of hydrogen-bond donors (Lipinski definition) is 2. The number of rotatable bonds is 3. The summed E-state index contributed by atoms with van der Waals surface area (Å²) in [5.41, 5.74) is 0. The number of amides is 3. The van der Waals surface area contributed by atoms with Crippen LogP contribution in [-0.2, 0) is 9.59 Å². The average molecular weight is 297 g/mol. The molecule has 7 heteroatoms. The van der Waals surface area contributed by atoms with Crippen LogP contribution < -0.4 is 5.32 Å². The Morgan fingerprint density at radius 3 is 2.38 bits per heavy atom. The highest BCUT2D eigenvalue weighted by atomic mass is 16.4. The molecule has 2 rings (SSSR count). The summed E-state index contributed by atoms with van der Waals surface area (Å²) >= 11 is 0. The van der Waals surface area contributed by atoms with Crippen LogP contribution in [-0.4, -0.2) is 65.0 Å². The van der Waals surface area contributed by atoms with Gasteiger partial charge in [0.2, 0.25) is 5.91 Å². The second-order valence-corrected chi connectivity index (χ2v) is 5.84. The Labute approximate surface area is 124 Å². The molecule has 0 unspecified atom stereocenters. The predicted octanol–water partition coefficient (Wildman–Crippen LogP) is 0.504. The molecule has 0 aromatic heterocycles. The summed E-state index contributed by atoms with van der Waals surface area (Å²) in [4.78, 5) is 37.7. The highest BCUT2D eigenvalue weighted by Crippen LogP contribution is 2.23. The second-order valence-electron chi connectivity index (χ2n) is 5.84. The minimum Gasteiger partial charge on any atom is -0.480 e. The van der Waals surface area contributed by atoms with Gasteiger partial charge in [-0.1, -0.05) is 0 Å². The molecule has 7 nitrogen and oxygen atoms in total. The van der Waals surface area contributed by atoms with Crippen molar-refractivity contribution in [2.24, 2.45) is 5.92 Å². The smallest absolute Gasteiger partial charge is 0.326 e. The zero-order valence-corrected chi connectivity index (χ0v) is 12.4. The van der Waals surface area contributed by atoms with E-state index in [1.807, 2.05) is 0 Å². The van der Waals surface area contributed by atoms with Crippen molar-refractivity contribution in [1.29, 1.82) is 0 Å². The molecule has 118 valence electrons. The van der Waals surface area contributed by atoms with E-state index in [0.717, 1.165) is 19.3 Å². The number of carboxylic acid groups (broad SMARTS) is 1. The number of carbonyl (C=O) groups excluding carboxylic acids is 2. The van der Waals surface area contributed by atoms with Crippen molar-refractivity contribution in [2.75, 3.05) is 26.2 Å². The first-order valence-electron chi connectivity index (χ1n) is 7.52. The first-order valence-corrected chi connectivity index (χ1v) is 7.52. The van der Waals surface area contributed by atoms with Crippen molar-refractivity contribution in [1.82, 2.24) is 15.1 Å². The Balaban J connectivity index is 1.83. The van der Waals surface area contributed by atoms with Gasteiger partial charge in [-0.05, 0) is 31.6 Å². The third-order valence-electron chi connectivity index (χ3n) is 4.31. The van der Waals surface area contributed by atoms with Crippen LogP contribution in [0.5, 0.6) is 0 Å². The zero-order chi connectivity index (χ0) is 15.4. The van der Waals surface area contributed by atoms with Crippen molar-refractivity contribution in [3.05, 3.63) is 0 Å². The van der Waals surface area contributed by atoms with E-state index in [0.29, 0.717) is 38.5 Å². The van der Waals surface area contributed by atoms with Crippen molar-refractivity contribution in [3.8, 4) is 0 Å². The molecule has 0 aromatic carbocycles. The molecule has 2 aliphatic heterocycles. The number of nitrogens with one attached hydrogen (secondary N) is 1. The highest BCUT2D eigenvalue weighted by molar-refractivity contribution is 5.83. The monoisotopic (exact) mass is 297 g/mol. The average Bonchev–Trinajstić information content (AvgIpc) is 2.94. The normalized spacial score (nSPS) is 23.2. The number of hydrogen-bond acceptors (Lipinski definition) is 3. The van der Waals surface area contributed by atoms with E-state index in [9.17, 15) is 14.4 Å². The minimum absolute atomic E-state index is 0.0325. The molecule has 0 spiro atoms. The van der Waals surface area contributed by atoms with Crippen LogP contribution in [0.2, 0.25) is 0 Å². The highest BCUT2D eigenvalue weighted by Gasteiger charge is 2.37. The Morgan fingerprint density at radius 1 is 1.14 bits per heavy atom. The number of likely N-dealkylation sites (tertiary alicyclic amines) is 2. The SMILES string of the molecule is CC(=O)NCC1CCN(C(=O)N2CCC[C@H]2C(=O)O)CC1. The second kappa shape index (κ2) is 6.78. The molecular weight excluding hydrogens is 274 g/mol. The Kier molecular flexibility index (Phi) is 5.03. The fourth-order valence-corrected chi connectivity index (χ4v) is 3.05. The lowest BCUT2D eigenvalue weighted by atomic mass is 9.97. The number of piperidine rings is 1. The van der Waals surface area contributed by atoms with Crippen LogP contribution in [0.15, 0.2) is 0 Å². The largest absolute Gasteiger partial charge is 0.480 e. The maximum absolute atomic E-state index is 12.4. The summed E-state index contributed by atoms with van der Waals surface area (Å²) in [6.45, 7) is 3.94. The van der Waals surface area contributed by atoms with Crippen LogP contribution in [0.25, 0.3) is 0 Å². The third-order valence-corrected chi connectivity index (χ3v) is 4.31. The number of aliphatic carboxylic acids is 1. The molecule has 0 radical (unpaired) electrons. The van der Waals surface area contributed by atoms with Crippen molar-refractivity contribution in [2.45, 2.75) is 38.6 Å². The quantitative estimate of drug-likeness (QED) is 0.794. The van der Waals surface area contributed by atoms with E-state index in [2.05, 4.69) is 5.32 Å². The van der Waals surface area contributed by atoms with Crippen LogP contribution in [0.3, 0.4) is 0 Å². The summed E-state index contributed by atoms with van der Waals surface area (Å²) in [5, 5.41) is 11.9. The molecule has 3 amide bonds.